The molecule has 4 rings (SSSR count). The lowest BCUT2D eigenvalue weighted by Gasteiger charge is -2.39. The van der Waals surface area contributed by atoms with Gasteiger partial charge in [-0.15, -0.1) is 0 Å². The molecule has 8 heteroatoms. The van der Waals surface area contributed by atoms with Crippen LogP contribution >= 0.6 is 23.4 Å². The molecule has 1 atom stereocenters. The van der Waals surface area contributed by atoms with Crippen LogP contribution in [0, 0.1) is 16.7 Å². The summed E-state index contributed by atoms with van der Waals surface area (Å²) in [6, 6.07) is 16.7. The summed E-state index contributed by atoms with van der Waals surface area (Å²) < 4.78 is 5.28. The van der Waals surface area contributed by atoms with Crippen LogP contribution < -0.4 is 15.4 Å². The first kappa shape index (κ1) is 24.9. The number of benzene rings is 2. The van der Waals surface area contributed by atoms with E-state index in [4.69, 9.17) is 16.3 Å². The fraction of sp³-hybridized carbons (Fsp3) is 0.296. The summed E-state index contributed by atoms with van der Waals surface area (Å²) in [6.45, 7) is 4.13. The van der Waals surface area contributed by atoms with Crippen molar-refractivity contribution in [1.82, 2.24) is 5.32 Å². The van der Waals surface area contributed by atoms with Crippen LogP contribution in [0.2, 0.25) is 5.02 Å². The van der Waals surface area contributed by atoms with Gasteiger partial charge < -0.3 is 15.4 Å². The molecule has 35 heavy (non-hydrogen) atoms. The molecular weight excluding hydrogens is 482 g/mol. The normalized spacial score (nSPS) is 18.9. The molecule has 0 radical (unpaired) electrons. The molecule has 1 aliphatic carbocycles. The summed E-state index contributed by atoms with van der Waals surface area (Å²) in [5.41, 5.74) is 3.14. The van der Waals surface area contributed by atoms with Gasteiger partial charge in [-0.1, -0.05) is 55.4 Å². The van der Waals surface area contributed by atoms with Crippen molar-refractivity contribution < 1.29 is 14.3 Å². The molecule has 1 amide bonds. The van der Waals surface area contributed by atoms with E-state index in [-0.39, 0.29) is 22.9 Å². The molecule has 0 spiro atoms. The van der Waals surface area contributed by atoms with Crippen molar-refractivity contribution in [3.63, 3.8) is 0 Å². The van der Waals surface area contributed by atoms with Crippen molar-refractivity contribution in [2.24, 2.45) is 5.41 Å². The van der Waals surface area contributed by atoms with Gasteiger partial charge in [-0.25, -0.2) is 0 Å². The summed E-state index contributed by atoms with van der Waals surface area (Å²) in [5.74, 6) is 0.117. The summed E-state index contributed by atoms with van der Waals surface area (Å²) in [5, 5.41) is 17.5. The van der Waals surface area contributed by atoms with Gasteiger partial charge in [0.15, 0.2) is 5.78 Å². The third-order valence-corrected chi connectivity index (χ3v) is 7.28. The van der Waals surface area contributed by atoms with Crippen molar-refractivity contribution in [2.75, 3.05) is 18.2 Å². The molecule has 2 aliphatic rings. The fourth-order valence-electron chi connectivity index (χ4n) is 4.52. The average Bonchev–Trinajstić information content (AvgIpc) is 2.81. The third-order valence-electron chi connectivity index (χ3n) is 6.03. The second-order valence-electron chi connectivity index (χ2n) is 9.37. The number of nitrogens with zero attached hydrogens (tertiary/aromatic N) is 1. The molecule has 0 unspecified atom stereocenters. The Bertz CT molecular complexity index is 1280. The van der Waals surface area contributed by atoms with Crippen molar-refractivity contribution in [1.29, 1.82) is 5.26 Å². The number of hydrogen-bond donors (Lipinski definition) is 2. The van der Waals surface area contributed by atoms with E-state index in [2.05, 4.69) is 30.6 Å². The van der Waals surface area contributed by atoms with Crippen molar-refractivity contribution in [3.05, 3.63) is 81.0 Å². The second-order valence-corrected chi connectivity index (χ2v) is 10.8. The Morgan fingerprint density at radius 3 is 2.66 bits per heavy atom. The van der Waals surface area contributed by atoms with Crippen molar-refractivity contribution in [3.8, 4) is 11.8 Å². The second kappa shape index (κ2) is 10.2. The molecule has 2 N–H and O–H groups in total. The minimum Gasteiger partial charge on any atom is -0.497 e. The summed E-state index contributed by atoms with van der Waals surface area (Å²) in [4.78, 5) is 25.9. The predicted molar refractivity (Wildman–Crippen MR) is 139 cm³/mol. The van der Waals surface area contributed by atoms with Gasteiger partial charge in [0.25, 0.3) is 0 Å². The first-order chi connectivity index (χ1) is 16.7. The number of hydrogen-bond acceptors (Lipinski definition) is 6. The number of ether oxygens (including phenoxy) is 1. The van der Waals surface area contributed by atoms with Crippen LogP contribution in [0.5, 0.6) is 5.75 Å². The SMILES string of the molecule is COc1ccc([C@@H]2C(C#N)=C(SCC(=O)Nc3cccc(Cl)c3)NC3=C2C(=O)CC(C)(C)C3)cc1. The highest BCUT2D eigenvalue weighted by Gasteiger charge is 2.42. The summed E-state index contributed by atoms with van der Waals surface area (Å²) in [6.07, 6.45) is 1.10. The maximum absolute atomic E-state index is 13.3. The molecular formula is C27H26ClN3O3S. The van der Waals surface area contributed by atoms with Crippen LogP contribution in [0.4, 0.5) is 5.69 Å². The lowest BCUT2D eigenvalue weighted by molar-refractivity contribution is -0.118. The molecule has 0 saturated heterocycles. The number of rotatable bonds is 6. The topological polar surface area (TPSA) is 91.2 Å². The van der Waals surface area contributed by atoms with Gasteiger partial charge in [-0.3, -0.25) is 9.59 Å². The van der Waals surface area contributed by atoms with Gasteiger partial charge in [-0.2, -0.15) is 5.26 Å². The lowest BCUT2D eigenvalue weighted by Crippen LogP contribution is -2.37. The monoisotopic (exact) mass is 507 g/mol. The zero-order chi connectivity index (χ0) is 25.2. The van der Waals surface area contributed by atoms with E-state index < -0.39 is 5.92 Å². The van der Waals surface area contributed by atoms with Gasteiger partial charge in [0, 0.05) is 28.4 Å². The average molecular weight is 508 g/mol. The van der Waals surface area contributed by atoms with E-state index in [1.165, 1.54) is 11.8 Å². The highest BCUT2D eigenvalue weighted by Crippen LogP contribution is 2.48. The number of Topliss-reactive ketones (excluding diaryl/α,β-unsaturated/α-hetero) is 1. The number of carbonyl (C=O) groups excluding carboxylic acids is 2. The molecule has 1 aliphatic heterocycles. The zero-order valence-electron chi connectivity index (χ0n) is 19.8. The van der Waals surface area contributed by atoms with Crippen LogP contribution in [0.25, 0.3) is 0 Å². The van der Waals surface area contributed by atoms with E-state index in [0.717, 1.165) is 11.3 Å². The van der Waals surface area contributed by atoms with E-state index in [1.807, 2.05) is 24.3 Å². The van der Waals surface area contributed by atoms with E-state index in [0.29, 0.717) is 45.5 Å². The number of halogens is 1. The van der Waals surface area contributed by atoms with Gasteiger partial charge in [0.05, 0.1) is 35.5 Å². The van der Waals surface area contributed by atoms with Crippen LogP contribution in [-0.2, 0) is 9.59 Å². The van der Waals surface area contributed by atoms with Crippen molar-refractivity contribution in [2.45, 2.75) is 32.6 Å². The Balaban J connectivity index is 1.65. The standard InChI is InChI=1S/C27H26ClN3O3S/c1-27(2)12-21-25(22(32)13-27)24(16-7-9-19(34-3)10-8-16)20(14-29)26(31-21)35-15-23(33)30-18-6-4-5-17(28)11-18/h4-11,24,31H,12-13,15H2,1-3H3,(H,30,33)/t24-/m1/s1. The minimum absolute atomic E-state index is 0.0417. The smallest absolute Gasteiger partial charge is 0.234 e. The molecule has 2 aromatic carbocycles. The first-order valence-corrected chi connectivity index (χ1v) is 12.6. The number of anilines is 1. The molecule has 0 saturated carbocycles. The maximum atomic E-state index is 13.3. The zero-order valence-corrected chi connectivity index (χ0v) is 21.3. The number of methoxy groups -OCH3 is 1. The predicted octanol–water partition coefficient (Wildman–Crippen LogP) is 5.79. The van der Waals surface area contributed by atoms with Gasteiger partial charge >= 0.3 is 0 Å². The molecule has 0 aromatic heterocycles. The maximum Gasteiger partial charge on any atom is 0.234 e. The minimum atomic E-state index is -0.496. The van der Waals surface area contributed by atoms with Crippen LogP contribution in [0.15, 0.2) is 70.4 Å². The fourth-order valence-corrected chi connectivity index (χ4v) is 5.57. The number of nitrogens with one attached hydrogen (secondary N) is 2. The highest BCUT2D eigenvalue weighted by atomic mass is 35.5. The number of carbonyl (C=O) groups is 2. The Kier molecular flexibility index (Phi) is 7.25. The Hall–Kier alpha value is -3.21. The summed E-state index contributed by atoms with van der Waals surface area (Å²) >= 11 is 7.26. The molecule has 2 aromatic rings. The number of allylic oxidation sites excluding steroid dienone is 3. The highest BCUT2D eigenvalue weighted by molar-refractivity contribution is 8.03. The Morgan fingerprint density at radius 1 is 1.26 bits per heavy atom. The molecule has 0 bridgehead atoms. The van der Waals surface area contributed by atoms with Crippen LogP contribution in [-0.4, -0.2) is 24.6 Å². The number of amides is 1. The number of dihydropyridines is 1. The number of nitriles is 1. The number of thioether (sulfide) groups is 1. The number of ketones is 1. The largest absolute Gasteiger partial charge is 0.497 e. The molecule has 6 nitrogen and oxygen atoms in total. The third kappa shape index (κ3) is 5.55. The lowest BCUT2D eigenvalue weighted by atomic mass is 9.69. The summed E-state index contributed by atoms with van der Waals surface area (Å²) in [7, 11) is 1.59. The Labute approximate surface area is 214 Å². The Morgan fingerprint density at radius 2 is 2.00 bits per heavy atom. The van der Waals surface area contributed by atoms with Crippen LogP contribution in [0.1, 0.15) is 38.2 Å². The van der Waals surface area contributed by atoms with E-state index in [1.54, 1.807) is 31.4 Å². The molecule has 0 fully saturated rings. The van der Waals surface area contributed by atoms with E-state index >= 15 is 0 Å². The van der Waals surface area contributed by atoms with Crippen molar-refractivity contribution >= 4 is 40.7 Å². The van der Waals surface area contributed by atoms with Gasteiger partial charge in [0.1, 0.15) is 5.75 Å². The first-order valence-electron chi connectivity index (χ1n) is 11.2. The van der Waals surface area contributed by atoms with Gasteiger partial charge in [-0.05, 0) is 47.7 Å². The molecule has 1 heterocycles. The van der Waals surface area contributed by atoms with Crippen LogP contribution in [0.3, 0.4) is 0 Å². The quantitative estimate of drug-likeness (QED) is 0.514. The molecule has 180 valence electrons. The van der Waals surface area contributed by atoms with Gasteiger partial charge in [0.2, 0.25) is 5.91 Å². The van der Waals surface area contributed by atoms with E-state index in [9.17, 15) is 14.9 Å².